The molecule has 0 saturated heterocycles. The van der Waals surface area contributed by atoms with Gasteiger partial charge in [0.1, 0.15) is 0 Å². The number of rotatable bonds is 22. The molecule has 0 aromatic rings. The standard InChI is InChI=1S/C25H48O4.K.H/c1-3-5-7-9-11-13-15-17-19-21-25(23(26)27,24(28)29)22-20-18-16-14-12-10-8-6-4-2;;/h3-22H2,1-2H3,(H,26,27)(H,28,29);;/q;+1;-1. The van der Waals surface area contributed by atoms with Crippen molar-refractivity contribution in [3.8, 4) is 0 Å². The zero-order valence-electron chi connectivity index (χ0n) is 21.4. The Hall–Kier alpha value is 0.576. The van der Waals surface area contributed by atoms with Gasteiger partial charge in [-0.05, 0) is 12.8 Å². The number of aliphatic carboxylic acids is 2. The van der Waals surface area contributed by atoms with E-state index in [1.165, 1.54) is 77.0 Å². The minimum Gasteiger partial charge on any atom is -1.00 e. The van der Waals surface area contributed by atoms with Gasteiger partial charge in [-0.15, -0.1) is 0 Å². The molecule has 0 fully saturated rings. The summed E-state index contributed by atoms with van der Waals surface area (Å²) in [6.07, 6.45) is 21.1. The first-order valence-corrected chi connectivity index (χ1v) is 12.5. The van der Waals surface area contributed by atoms with Crippen molar-refractivity contribution < 1.29 is 72.6 Å². The number of carboxylic acids is 2. The molecule has 0 saturated carbocycles. The van der Waals surface area contributed by atoms with Crippen molar-refractivity contribution in [2.45, 2.75) is 142 Å². The summed E-state index contributed by atoms with van der Waals surface area (Å²) >= 11 is 0. The van der Waals surface area contributed by atoms with E-state index in [0.717, 1.165) is 25.7 Å². The van der Waals surface area contributed by atoms with Crippen LogP contribution in [0.1, 0.15) is 144 Å². The van der Waals surface area contributed by atoms with Gasteiger partial charge < -0.3 is 11.6 Å². The summed E-state index contributed by atoms with van der Waals surface area (Å²) < 4.78 is 0. The van der Waals surface area contributed by atoms with Gasteiger partial charge in [0.2, 0.25) is 0 Å². The molecule has 4 nitrogen and oxygen atoms in total. The zero-order chi connectivity index (χ0) is 21.8. The smallest absolute Gasteiger partial charge is 1.00 e. The molecular formula is C25H49KO4. The van der Waals surface area contributed by atoms with Crippen LogP contribution in [0.15, 0.2) is 0 Å². The molecule has 0 aromatic carbocycles. The van der Waals surface area contributed by atoms with Gasteiger partial charge in [0.25, 0.3) is 0 Å². The Labute approximate surface area is 230 Å². The van der Waals surface area contributed by atoms with Gasteiger partial charge in [0, 0.05) is 0 Å². The Balaban J connectivity index is -0.00000392. The van der Waals surface area contributed by atoms with Crippen LogP contribution in [0.4, 0.5) is 0 Å². The average molecular weight is 453 g/mol. The Morgan fingerprint density at radius 1 is 0.533 bits per heavy atom. The van der Waals surface area contributed by atoms with E-state index in [2.05, 4.69) is 13.8 Å². The third-order valence-corrected chi connectivity index (χ3v) is 6.23. The van der Waals surface area contributed by atoms with E-state index < -0.39 is 17.4 Å². The summed E-state index contributed by atoms with van der Waals surface area (Å²) in [5.41, 5.74) is -1.58. The Bertz CT molecular complexity index is 380. The summed E-state index contributed by atoms with van der Waals surface area (Å²) in [5, 5.41) is 19.3. The van der Waals surface area contributed by atoms with Crippen molar-refractivity contribution in [2.75, 3.05) is 0 Å². The molecule has 0 amide bonds. The minimum atomic E-state index is -1.58. The maximum atomic E-state index is 11.8. The fourth-order valence-electron chi connectivity index (χ4n) is 4.12. The van der Waals surface area contributed by atoms with E-state index in [-0.39, 0.29) is 65.7 Å². The molecule has 5 heteroatoms. The molecule has 0 rings (SSSR count). The molecule has 0 unspecified atom stereocenters. The van der Waals surface area contributed by atoms with Crippen molar-refractivity contribution in [1.29, 1.82) is 0 Å². The van der Waals surface area contributed by atoms with Crippen LogP contribution in [0.5, 0.6) is 0 Å². The quantitative estimate of drug-likeness (QED) is 0.136. The van der Waals surface area contributed by atoms with E-state index in [1.807, 2.05) is 0 Å². The molecule has 0 spiro atoms. The van der Waals surface area contributed by atoms with Crippen LogP contribution in [0.2, 0.25) is 0 Å². The molecular weight excluding hydrogens is 403 g/mol. The summed E-state index contributed by atoms with van der Waals surface area (Å²) in [6, 6.07) is 0. The van der Waals surface area contributed by atoms with E-state index >= 15 is 0 Å². The molecule has 0 aromatic heterocycles. The van der Waals surface area contributed by atoms with Crippen LogP contribution in [-0.4, -0.2) is 22.2 Å². The monoisotopic (exact) mass is 452 g/mol. The molecule has 0 radical (unpaired) electrons. The first kappa shape index (κ1) is 32.8. The summed E-state index contributed by atoms with van der Waals surface area (Å²) in [4.78, 5) is 23.6. The third-order valence-electron chi connectivity index (χ3n) is 6.23. The number of hydrogen-bond donors (Lipinski definition) is 2. The van der Waals surface area contributed by atoms with Crippen LogP contribution in [0.25, 0.3) is 0 Å². The Kier molecular flexibility index (Phi) is 24.8. The van der Waals surface area contributed by atoms with Crippen LogP contribution in [0.3, 0.4) is 0 Å². The van der Waals surface area contributed by atoms with E-state index in [9.17, 15) is 19.8 Å². The number of unbranched alkanes of at least 4 members (excludes halogenated alkanes) is 16. The Morgan fingerprint density at radius 3 is 1.00 bits per heavy atom. The topological polar surface area (TPSA) is 74.6 Å². The van der Waals surface area contributed by atoms with Gasteiger partial charge >= 0.3 is 63.3 Å². The number of carboxylic acid groups (broad SMARTS) is 2. The SMILES string of the molecule is CCCCCCCCCCCC(CCCCCCCCCCC)(C(=O)O)C(=O)O.[H-].[K+]. The van der Waals surface area contributed by atoms with Crippen molar-refractivity contribution >= 4 is 11.9 Å². The molecule has 2 N–H and O–H groups in total. The second-order valence-electron chi connectivity index (χ2n) is 8.85. The fourth-order valence-corrected chi connectivity index (χ4v) is 4.12. The van der Waals surface area contributed by atoms with Crippen LogP contribution in [-0.2, 0) is 9.59 Å². The zero-order valence-corrected chi connectivity index (χ0v) is 23.5. The first-order valence-electron chi connectivity index (χ1n) is 12.5. The van der Waals surface area contributed by atoms with Crippen molar-refractivity contribution in [2.24, 2.45) is 5.41 Å². The molecule has 174 valence electrons. The fraction of sp³-hybridized carbons (Fsp3) is 0.920. The van der Waals surface area contributed by atoms with Crippen LogP contribution in [0, 0.1) is 5.41 Å². The summed E-state index contributed by atoms with van der Waals surface area (Å²) in [6.45, 7) is 4.43. The maximum Gasteiger partial charge on any atom is 1.00 e. The van der Waals surface area contributed by atoms with Crippen LogP contribution >= 0.6 is 0 Å². The molecule has 30 heavy (non-hydrogen) atoms. The average Bonchev–Trinajstić information content (AvgIpc) is 2.69. The Morgan fingerprint density at radius 2 is 0.767 bits per heavy atom. The van der Waals surface area contributed by atoms with Crippen LogP contribution < -0.4 is 51.4 Å². The van der Waals surface area contributed by atoms with E-state index in [4.69, 9.17) is 0 Å². The predicted molar refractivity (Wildman–Crippen MR) is 123 cm³/mol. The van der Waals surface area contributed by atoms with E-state index in [0.29, 0.717) is 12.8 Å². The first-order chi connectivity index (χ1) is 14.0. The molecule has 0 heterocycles. The minimum absolute atomic E-state index is 0. The van der Waals surface area contributed by atoms with Crippen molar-refractivity contribution in [1.82, 2.24) is 0 Å². The number of hydrogen-bond acceptors (Lipinski definition) is 2. The normalized spacial score (nSPS) is 11.3. The molecule has 0 aliphatic heterocycles. The van der Waals surface area contributed by atoms with Gasteiger partial charge in [0.15, 0.2) is 5.41 Å². The second kappa shape index (κ2) is 22.8. The van der Waals surface area contributed by atoms with E-state index in [1.54, 1.807) is 0 Å². The van der Waals surface area contributed by atoms with Crippen molar-refractivity contribution in [3.63, 3.8) is 0 Å². The summed E-state index contributed by atoms with van der Waals surface area (Å²) in [5.74, 6) is -2.30. The molecule has 0 aliphatic carbocycles. The largest absolute Gasteiger partial charge is 1.00 e. The van der Waals surface area contributed by atoms with Gasteiger partial charge in [-0.3, -0.25) is 9.59 Å². The second-order valence-corrected chi connectivity index (χ2v) is 8.85. The molecule has 0 bridgehead atoms. The van der Waals surface area contributed by atoms with Gasteiger partial charge in [-0.25, -0.2) is 0 Å². The summed E-state index contributed by atoms with van der Waals surface area (Å²) in [7, 11) is 0. The maximum absolute atomic E-state index is 11.8. The van der Waals surface area contributed by atoms with Gasteiger partial charge in [-0.2, -0.15) is 0 Å². The van der Waals surface area contributed by atoms with Crippen molar-refractivity contribution in [3.05, 3.63) is 0 Å². The molecule has 0 atom stereocenters. The third kappa shape index (κ3) is 16.2. The van der Waals surface area contributed by atoms with Gasteiger partial charge in [0.05, 0.1) is 0 Å². The predicted octanol–water partition coefficient (Wildman–Crippen LogP) is 5.10. The van der Waals surface area contributed by atoms with Gasteiger partial charge in [-0.1, -0.05) is 129 Å². The number of carbonyl (C=O) groups is 2. The molecule has 0 aliphatic rings.